The summed E-state index contributed by atoms with van der Waals surface area (Å²) in [5.41, 5.74) is 4.26. The van der Waals surface area contributed by atoms with Crippen molar-refractivity contribution in [3.63, 3.8) is 0 Å². The van der Waals surface area contributed by atoms with Crippen molar-refractivity contribution in [2.45, 2.75) is 25.4 Å². The van der Waals surface area contributed by atoms with Gasteiger partial charge in [-0.15, -0.1) is 10.2 Å². The van der Waals surface area contributed by atoms with Crippen LogP contribution in [0.5, 0.6) is 0 Å². The summed E-state index contributed by atoms with van der Waals surface area (Å²) < 4.78 is 1.98. The average Bonchev–Trinajstić information content (AvgIpc) is 3.15. The minimum Gasteiger partial charge on any atom is -0.344 e. The van der Waals surface area contributed by atoms with Crippen LogP contribution in [0.3, 0.4) is 0 Å². The van der Waals surface area contributed by atoms with E-state index in [-0.39, 0.29) is 11.7 Å². The first-order valence-electron chi connectivity index (χ1n) is 9.33. The molecule has 0 N–H and O–H groups in total. The molecule has 3 aromatic rings. The van der Waals surface area contributed by atoms with Gasteiger partial charge in [0.15, 0.2) is 11.0 Å². The number of thioether (sulfide) groups is 1. The van der Waals surface area contributed by atoms with E-state index in [4.69, 9.17) is 5.26 Å². The summed E-state index contributed by atoms with van der Waals surface area (Å²) in [7, 11) is 1.71. The largest absolute Gasteiger partial charge is 0.344 e. The molecule has 0 spiro atoms. The fraction of sp³-hybridized carbons (Fsp3) is 0.273. The van der Waals surface area contributed by atoms with Gasteiger partial charge in [-0.1, -0.05) is 59.3 Å². The molecule has 7 heteroatoms. The molecule has 0 radical (unpaired) electrons. The number of hydrogen-bond acceptors (Lipinski definition) is 5. The monoisotopic (exact) mass is 405 g/mol. The Labute approximate surface area is 175 Å². The lowest BCUT2D eigenvalue weighted by Crippen LogP contribution is -2.29. The van der Waals surface area contributed by atoms with Crippen LogP contribution in [0, 0.1) is 25.2 Å². The summed E-state index contributed by atoms with van der Waals surface area (Å²) in [6.07, 6.45) is 0.323. The molecule has 29 heavy (non-hydrogen) atoms. The van der Waals surface area contributed by atoms with Crippen molar-refractivity contribution in [3.8, 4) is 23.1 Å². The van der Waals surface area contributed by atoms with Crippen molar-refractivity contribution in [3.05, 3.63) is 59.7 Å². The molecular formula is C22H23N5OS. The Hall–Kier alpha value is -3.11. The Kier molecular flexibility index (Phi) is 6.68. The van der Waals surface area contributed by atoms with Crippen LogP contribution in [-0.2, 0) is 4.79 Å². The first-order chi connectivity index (χ1) is 14.0. The number of benzene rings is 2. The number of rotatable bonds is 7. The zero-order valence-corrected chi connectivity index (χ0v) is 17.6. The predicted molar refractivity (Wildman–Crippen MR) is 115 cm³/mol. The van der Waals surface area contributed by atoms with Gasteiger partial charge in [0.25, 0.3) is 0 Å². The van der Waals surface area contributed by atoms with Crippen LogP contribution in [0.2, 0.25) is 0 Å². The van der Waals surface area contributed by atoms with Crippen LogP contribution in [0.1, 0.15) is 17.5 Å². The Bertz CT molecular complexity index is 1020. The molecule has 1 aromatic heterocycles. The molecule has 0 atom stereocenters. The second-order valence-electron chi connectivity index (χ2n) is 6.86. The van der Waals surface area contributed by atoms with E-state index in [1.54, 1.807) is 11.9 Å². The van der Waals surface area contributed by atoms with Gasteiger partial charge in [0.2, 0.25) is 5.91 Å². The second-order valence-corrected chi connectivity index (χ2v) is 7.80. The minimum absolute atomic E-state index is 0.0411. The molecular weight excluding hydrogens is 382 g/mol. The smallest absolute Gasteiger partial charge is 0.232 e. The molecule has 0 fully saturated rings. The Morgan fingerprint density at radius 1 is 1.07 bits per heavy atom. The zero-order valence-electron chi connectivity index (χ0n) is 16.8. The average molecular weight is 406 g/mol. The van der Waals surface area contributed by atoms with E-state index in [1.807, 2.05) is 66.9 Å². The Balaban J connectivity index is 1.91. The van der Waals surface area contributed by atoms with Gasteiger partial charge in [0.05, 0.1) is 18.2 Å². The number of hydrogen-bond donors (Lipinski definition) is 0. The van der Waals surface area contributed by atoms with Crippen molar-refractivity contribution in [1.82, 2.24) is 19.7 Å². The summed E-state index contributed by atoms with van der Waals surface area (Å²) in [5.74, 6) is 0.932. The van der Waals surface area contributed by atoms with E-state index >= 15 is 0 Å². The van der Waals surface area contributed by atoms with Gasteiger partial charge in [-0.05, 0) is 26.0 Å². The number of carbonyl (C=O) groups is 1. The van der Waals surface area contributed by atoms with Gasteiger partial charge in [-0.3, -0.25) is 9.36 Å². The van der Waals surface area contributed by atoms with Gasteiger partial charge >= 0.3 is 0 Å². The number of carbonyl (C=O) groups excluding carboxylic acids is 1. The van der Waals surface area contributed by atoms with E-state index in [0.29, 0.717) is 18.1 Å². The molecule has 0 bridgehead atoms. The highest BCUT2D eigenvalue weighted by Gasteiger charge is 2.18. The van der Waals surface area contributed by atoms with Crippen molar-refractivity contribution in [1.29, 1.82) is 5.26 Å². The standard InChI is InChI=1S/C22H23N5OS/c1-16-5-9-18(10-6-16)21-24-25-22(27(21)19-11-7-17(2)8-12-19)29-15-20(28)26(3)14-4-13-23/h5-12H,4,14-15H2,1-3H3. The summed E-state index contributed by atoms with van der Waals surface area (Å²) in [6.45, 7) is 4.52. The number of nitrogens with zero attached hydrogens (tertiary/aromatic N) is 5. The Morgan fingerprint density at radius 3 is 2.31 bits per heavy atom. The third-order valence-corrected chi connectivity index (χ3v) is 5.46. The van der Waals surface area contributed by atoms with Crippen molar-refractivity contribution in [2.24, 2.45) is 0 Å². The van der Waals surface area contributed by atoms with Crippen molar-refractivity contribution < 1.29 is 4.79 Å². The van der Waals surface area contributed by atoms with Gasteiger partial charge in [-0.2, -0.15) is 5.26 Å². The van der Waals surface area contributed by atoms with E-state index < -0.39 is 0 Å². The van der Waals surface area contributed by atoms with E-state index in [9.17, 15) is 4.79 Å². The van der Waals surface area contributed by atoms with Crippen molar-refractivity contribution in [2.75, 3.05) is 19.3 Å². The zero-order chi connectivity index (χ0) is 20.8. The van der Waals surface area contributed by atoms with E-state index in [1.165, 1.54) is 22.9 Å². The van der Waals surface area contributed by atoms with Crippen LogP contribution < -0.4 is 0 Å². The van der Waals surface area contributed by atoms with Crippen molar-refractivity contribution >= 4 is 17.7 Å². The number of nitriles is 1. The first kappa shape index (κ1) is 20.6. The highest BCUT2D eigenvalue weighted by atomic mass is 32.2. The topological polar surface area (TPSA) is 74.8 Å². The third-order valence-electron chi connectivity index (χ3n) is 4.54. The van der Waals surface area contributed by atoms with E-state index in [0.717, 1.165) is 17.1 Å². The van der Waals surface area contributed by atoms with Gasteiger partial charge < -0.3 is 4.90 Å². The lowest BCUT2D eigenvalue weighted by molar-refractivity contribution is -0.127. The molecule has 1 amide bonds. The molecule has 0 saturated heterocycles. The molecule has 0 saturated carbocycles. The molecule has 1 heterocycles. The summed E-state index contributed by atoms with van der Waals surface area (Å²) in [6, 6.07) is 18.4. The second kappa shape index (κ2) is 9.39. The maximum atomic E-state index is 12.4. The molecule has 148 valence electrons. The minimum atomic E-state index is -0.0411. The van der Waals surface area contributed by atoms with Gasteiger partial charge in [-0.25, -0.2) is 0 Å². The third kappa shape index (κ3) is 5.04. The molecule has 0 unspecified atom stereocenters. The first-order valence-corrected chi connectivity index (χ1v) is 10.3. The summed E-state index contributed by atoms with van der Waals surface area (Å²) in [5, 5.41) is 18.1. The fourth-order valence-electron chi connectivity index (χ4n) is 2.76. The van der Waals surface area contributed by atoms with Crippen LogP contribution in [0.25, 0.3) is 17.1 Å². The van der Waals surface area contributed by atoms with Crippen LogP contribution in [-0.4, -0.2) is 44.9 Å². The summed E-state index contributed by atoms with van der Waals surface area (Å²) >= 11 is 1.35. The molecule has 2 aromatic carbocycles. The molecule has 0 aliphatic rings. The normalized spacial score (nSPS) is 10.6. The highest BCUT2D eigenvalue weighted by molar-refractivity contribution is 7.99. The number of amides is 1. The molecule has 6 nitrogen and oxygen atoms in total. The number of aryl methyl sites for hydroxylation is 2. The predicted octanol–water partition coefficient (Wildman–Crippen LogP) is 4.02. The Morgan fingerprint density at radius 2 is 1.69 bits per heavy atom. The van der Waals surface area contributed by atoms with Crippen LogP contribution >= 0.6 is 11.8 Å². The lowest BCUT2D eigenvalue weighted by atomic mass is 10.1. The maximum Gasteiger partial charge on any atom is 0.232 e. The number of aromatic nitrogens is 3. The van der Waals surface area contributed by atoms with Crippen LogP contribution in [0.15, 0.2) is 53.7 Å². The SMILES string of the molecule is Cc1ccc(-c2nnc(SCC(=O)N(C)CCC#N)n2-c2ccc(C)cc2)cc1. The van der Waals surface area contributed by atoms with E-state index in [2.05, 4.69) is 16.3 Å². The molecule has 0 aliphatic carbocycles. The molecule has 0 aliphatic heterocycles. The van der Waals surface area contributed by atoms with Gasteiger partial charge in [0, 0.05) is 24.8 Å². The molecule has 3 rings (SSSR count). The fourth-order valence-corrected chi connectivity index (χ4v) is 3.65. The van der Waals surface area contributed by atoms with Crippen LogP contribution in [0.4, 0.5) is 0 Å². The highest BCUT2D eigenvalue weighted by Crippen LogP contribution is 2.28. The maximum absolute atomic E-state index is 12.4. The summed E-state index contributed by atoms with van der Waals surface area (Å²) in [4.78, 5) is 13.9. The van der Waals surface area contributed by atoms with Gasteiger partial charge in [0.1, 0.15) is 0 Å². The quantitative estimate of drug-likeness (QED) is 0.555. The lowest BCUT2D eigenvalue weighted by Gasteiger charge is -2.15.